The highest BCUT2D eigenvalue weighted by atomic mass is 16.3. The Kier molecular flexibility index (Phi) is 2.25. The van der Waals surface area contributed by atoms with Crippen molar-refractivity contribution >= 4 is 0 Å². The smallest absolute Gasteiger partial charge is 0.110 e. The molecule has 94 valence electrons. The molecule has 2 aliphatic carbocycles. The third-order valence-electron chi connectivity index (χ3n) is 5.57. The lowest BCUT2D eigenvalue weighted by molar-refractivity contribution is -0.140. The molecule has 0 unspecified atom stereocenters. The van der Waals surface area contributed by atoms with Crippen LogP contribution in [0.4, 0.5) is 0 Å². The van der Waals surface area contributed by atoms with E-state index in [0.29, 0.717) is 12.3 Å². The molecule has 0 aromatic carbocycles. The van der Waals surface area contributed by atoms with Crippen LogP contribution in [-0.4, -0.2) is 10.7 Å². The Morgan fingerprint density at radius 2 is 2.18 bits per heavy atom. The molecule has 2 nitrogen and oxygen atoms in total. The van der Waals surface area contributed by atoms with Gasteiger partial charge in [0.1, 0.15) is 5.76 Å². The van der Waals surface area contributed by atoms with Gasteiger partial charge in [-0.25, -0.2) is 0 Å². The lowest BCUT2D eigenvalue weighted by Gasteiger charge is -2.54. The fraction of sp³-hybridized carbons (Fsp3) is 0.733. The van der Waals surface area contributed by atoms with Crippen molar-refractivity contribution in [2.24, 2.45) is 11.3 Å². The summed E-state index contributed by atoms with van der Waals surface area (Å²) in [5, 5.41) is 11.0. The standard InChI is InChI=1S/C15H22O2/c1-10-9-17-13-8-15(16)6-4-5-11(2)14(15,3)7-12(10)13/h9,11,16H,4-8H2,1-3H3/t11-,14+,15-/m0/s1. The SMILES string of the molecule is Cc1coc2c1C[C@]1(C)[C@@H](C)CCC[C@]1(O)C2. The zero-order valence-electron chi connectivity index (χ0n) is 11.0. The highest BCUT2D eigenvalue weighted by Gasteiger charge is 2.55. The van der Waals surface area contributed by atoms with E-state index in [-0.39, 0.29) is 5.41 Å². The van der Waals surface area contributed by atoms with E-state index in [0.717, 1.165) is 25.0 Å². The van der Waals surface area contributed by atoms with Crippen LogP contribution in [0.3, 0.4) is 0 Å². The van der Waals surface area contributed by atoms with Crippen LogP contribution in [0.1, 0.15) is 50.0 Å². The van der Waals surface area contributed by atoms with Crippen molar-refractivity contribution in [3.63, 3.8) is 0 Å². The molecule has 1 saturated carbocycles. The van der Waals surface area contributed by atoms with Crippen LogP contribution in [0.15, 0.2) is 10.7 Å². The maximum absolute atomic E-state index is 11.0. The largest absolute Gasteiger partial charge is 0.469 e. The second kappa shape index (κ2) is 3.38. The minimum absolute atomic E-state index is 0.0207. The van der Waals surface area contributed by atoms with Crippen LogP contribution in [0.5, 0.6) is 0 Å². The molecule has 0 bridgehead atoms. The Bertz CT molecular complexity index is 448. The minimum atomic E-state index is -0.554. The quantitative estimate of drug-likeness (QED) is 0.747. The van der Waals surface area contributed by atoms with Crippen LogP contribution in [0.25, 0.3) is 0 Å². The molecule has 3 rings (SSSR count). The molecule has 1 fully saturated rings. The summed E-state index contributed by atoms with van der Waals surface area (Å²) < 4.78 is 5.62. The van der Waals surface area contributed by atoms with Crippen LogP contribution in [-0.2, 0) is 12.8 Å². The van der Waals surface area contributed by atoms with Gasteiger partial charge in [-0.1, -0.05) is 20.3 Å². The monoisotopic (exact) mass is 234 g/mol. The van der Waals surface area contributed by atoms with Crippen LogP contribution in [0.2, 0.25) is 0 Å². The molecule has 2 heteroatoms. The van der Waals surface area contributed by atoms with E-state index in [1.807, 2.05) is 6.26 Å². The third kappa shape index (κ3) is 1.36. The zero-order valence-corrected chi connectivity index (χ0v) is 11.0. The number of furan rings is 1. The first-order valence-corrected chi connectivity index (χ1v) is 6.74. The van der Waals surface area contributed by atoms with E-state index in [2.05, 4.69) is 20.8 Å². The number of aryl methyl sites for hydroxylation is 1. The molecule has 17 heavy (non-hydrogen) atoms. The van der Waals surface area contributed by atoms with Gasteiger partial charge in [0.25, 0.3) is 0 Å². The lowest BCUT2D eigenvalue weighted by Crippen LogP contribution is -2.57. The Morgan fingerprint density at radius 3 is 2.94 bits per heavy atom. The van der Waals surface area contributed by atoms with Gasteiger partial charge >= 0.3 is 0 Å². The van der Waals surface area contributed by atoms with Crippen molar-refractivity contribution < 1.29 is 9.52 Å². The third-order valence-corrected chi connectivity index (χ3v) is 5.57. The number of hydrogen-bond acceptors (Lipinski definition) is 2. The van der Waals surface area contributed by atoms with Gasteiger partial charge in [0.05, 0.1) is 11.9 Å². The molecule has 1 heterocycles. The molecule has 1 N–H and O–H groups in total. The van der Waals surface area contributed by atoms with Crippen molar-refractivity contribution in [1.29, 1.82) is 0 Å². The van der Waals surface area contributed by atoms with Gasteiger partial charge in [0.15, 0.2) is 0 Å². The second-order valence-electron chi connectivity index (χ2n) is 6.42. The molecular formula is C15H22O2. The van der Waals surface area contributed by atoms with E-state index >= 15 is 0 Å². The van der Waals surface area contributed by atoms with E-state index in [1.165, 1.54) is 17.5 Å². The van der Waals surface area contributed by atoms with Crippen LogP contribution in [0, 0.1) is 18.3 Å². The summed E-state index contributed by atoms with van der Waals surface area (Å²) in [6.07, 6.45) is 6.83. The molecular weight excluding hydrogens is 212 g/mol. The van der Waals surface area contributed by atoms with Gasteiger partial charge in [-0.05, 0) is 43.2 Å². The summed E-state index contributed by atoms with van der Waals surface area (Å²) in [6, 6.07) is 0. The average molecular weight is 234 g/mol. The summed E-state index contributed by atoms with van der Waals surface area (Å²) in [5.74, 6) is 1.61. The summed E-state index contributed by atoms with van der Waals surface area (Å²) in [4.78, 5) is 0. The van der Waals surface area contributed by atoms with Crippen LogP contribution < -0.4 is 0 Å². The fourth-order valence-corrected chi connectivity index (χ4v) is 3.93. The van der Waals surface area contributed by atoms with Gasteiger partial charge in [-0.3, -0.25) is 0 Å². The van der Waals surface area contributed by atoms with Crippen molar-refractivity contribution in [2.45, 2.75) is 58.5 Å². The maximum Gasteiger partial charge on any atom is 0.110 e. The maximum atomic E-state index is 11.0. The minimum Gasteiger partial charge on any atom is -0.469 e. The van der Waals surface area contributed by atoms with Gasteiger partial charge < -0.3 is 9.52 Å². The molecule has 0 aliphatic heterocycles. The summed E-state index contributed by atoms with van der Waals surface area (Å²) >= 11 is 0. The Morgan fingerprint density at radius 1 is 1.41 bits per heavy atom. The molecule has 1 aromatic heterocycles. The lowest BCUT2D eigenvalue weighted by atomic mass is 9.53. The summed E-state index contributed by atoms with van der Waals surface area (Å²) in [6.45, 7) is 6.68. The Balaban J connectivity index is 2.09. The van der Waals surface area contributed by atoms with Gasteiger partial charge in [-0.2, -0.15) is 0 Å². The van der Waals surface area contributed by atoms with E-state index in [4.69, 9.17) is 4.42 Å². The molecule has 3 atom stereocenters. The van der Waals surface area contributed by atoms with Crippen LogP contribution >= 0.6 is 0 Å². The highest BCUT2D eigenvalue weighted by molar-refractivity contribution is 5.34. The highest BCUT2D eigenvalue weighted by Crippen LogP contribution is 2.54. The Labute approximate surface area is 103 Å². The zero-order chi connectivity index (χ0) is 12.3. The predicted molar refractivity (Wildman–Crippen MR) is 66.9 cm³/mol. The topological polar surface area (TPSA) is 33.4 Å². The second-order valence-corrected chi connectivity index (χ2v) is 6.42. The molecule has 0 saturated heterocycles. The first kappa shape index (κ1) is 11.3. The van der Waals surface area contributed by atoms with Gasteiger partial charge in [0, 0.05) is 11.8 Å². The molecule has 0 amide bonds. The van der Waals surface area contributed by atoms with Crippen molar-refractivity contribution in [3.8, 4) is 0 Å². The number of hydrogen-bond donors (Lipinski definition) is 1. The number of aliphatic hydroxyl groups is 1. The summed E-state index contributed by atoms with van der Waals surface area (Å²) in [7, 11) is 0. The number of rotatable bonds is 0. The summed E-state index contributed by atoms with van der Waals surface area (Å²) in [5.41, 5.74) is 2.07. The Hall–Kier alpha value is -0.760. The van der Waals surface area contributed by atoms with Gasteiger partial charge in [-0.15, -0.1) is 0 Å². The van der Waals surface area contributed by atoms with Crippen molar-refractivity contribution in [2.75, 3.05) is 0 Å². The molecule has 0 spiro atoms. The average Bonchev–Trinajstić information content (AvgIpc) is 2.59. The number of fused-ring (bicyclic) bond motifs is 2. The molecule has 0 radical (unpaired) electrons. The van der Waals surface area contributed by atoms with Gasteiger partial charge in [0.2, 0.25) is 0 Å². The first-order chi connectivity index (χ1) is 7.96. The van der Waals surface area contributed by atoms with E-state index in [9.17, 15) is 5.11 Å². The predicted octanol–water partition coefficient (Wildman–Crippen LogP) is 3.24. The van der Waals surface area contributed by atoms with Crippen molar-refractivity contribution in [3.05, 3.63) is 23.2 Å². The normalized spacial score (nSPS) is 40.8. The molecule has 1 aromatic rings. The first-order valence-electron chi connectivity index (χ1n) is 6.74. The van der Waals surface area contributed by atoms with E-state index in [1.54, 1.807) is 0 Å². The van der Waals surface area contributed by atoms with Crippen molar-refractivity contribution in [1.82, 2.24) is 0 Å². The fourth-order valence-electron chi connectivity index (χ4n) is 3.93. The molecule has 2 aliphatic rings. The van der Waals surface area contributed by atoms with E-state index < -0.39 is 5.60 Å².